The second kappa shape index (κ2) is 7.31. The van der Waals surface area contributed by atoms with Crippen LogP contribution in [0.2, 0.25) is 0 Å². The lowest BCUT2D eigenvalue weighted by Crippen LogP contribution is -2.27. The van der Waals surface area contributed by atoms with E-state index in [0.29, 0.717) is 12.6 Å². The highest BCUT2D eigenvalue weighted by atomic mass is 32.2. The molecule has 1 aromatic heterocycles. The van der Waals surface area contributed by atoms with E-state index in [1.165, 1.54) is 0 Å². The van der Waals surface area contributed by atoms with Gasteiger partial charge < -0.3 is 5.32 Å². The van der Waals surface area contributed by atoms with Crippen molar-refractivity contribution in [2.75, 3.05) is 12.0 Å². The molecule has 1 heterocycles. The first-order chi connectivity index (χ1) is 9.66. The molecule has 6 heteroatoms. The maximum Gasteiger partial charge on any atom is 0.117 e. The van der Waals surface area contributed by atoms with Crippen LogP contribution in [0.15, 0.2) is 30.3 Å². The number of nitrogens with one attached hydrogen (secondary N) is 2. The van der Waals surface area contributed by atoms with E-state index in [0.717, 1.165) is 29.1 Å². The number of nitrogens with zero attached hydrogens (tertiary/aromatic N) is 2. The molecule has 0 spiro atoms. The summed E-state index contributed by atoms with van der Waals surface area (Å²) in [6, 6.07) is 10.3. The second-order valence-corrected chi connectivity index (χ2v) is 6.39. The van der Waals surface area contributed by atoms with Gasteiger partial charge in [0.15, 0.2) is 0 Å². The molecule has 2 rings (SSSR count). The van der Waals surface area contributed by atoms with Crippen molar-refractivity contribution in [3.8, 4) is 11.3 Å². The molecule has 0 aliphatic carbocycles. The first kappa shape index (κ1) is 14.9. The Bertz CT molecular complexity index is 555. The van der Waals surface area contributed by atoms with Gasteiger partial charge in [-0.1, -0.05) is 30.3 Å². The Kier molecular flexibility index (Phi) is 5.43. The molecule has 0 aliphatic rings. The molecule has 2 aromatic rings. The lowest BCUT2D eigenvalue weighted by molar-refractivity contribution is 0.530. The molecule has 20 heavy (non-hydrogen) atoms. The minimum atomic E-state index is -0.735. The zero-order valence-corrected chi connectivity index (χ0v) is 12.6. The molecule has 1 aromatic carbocycles. The molecule has 0 bridgehead atoms. The lowest BCUT2D eigenvalue weighted by atomic mass is 10.1. The molecular weight excluding hydrogens is 272 g/mol. The van der Waals surface area contributed by atoms with Crippen molar-refractivity contribution in [2.24, 2.45) is 0 Å². The van der Waals surface area contributed by atoms with Gasteiger partial charge in [-0.2, -0.15) is 15.4 Å². The van der Waals surface area contributed by atoms with Crippen molar-refractivity contribution in [3.05, 3.63) is 36.0 Å². The van der Waals surface area contributed by atoms with Crippen LogP contribution in [0.25, 0.3) is 11.3 Å². The summed E-state index contributed by atoms with van der Waals surface area (Å²) in [6.07, 6.45) is 2.62. The summed E-state index contributed by atoms with van der Waals surface area (Å²) >= 11 is 0. The van der Waals surface area contributed by atoms with Crippen LogP contribution in [0.3, 0.4) is 0 Å². The van der Waals surface area contributed by atoms with E-state index in [2.05, 4.69) is 27.7 Å². The SMILES string of the molecule is CC(CCS(C)=O)NCc1n[nH]nc1-c1ccccc1. The summed E-state index contributed by atoms with van der Waals surface area (Å²) in [5.74, 6) is 0.721. The first-order valence-electron chi connectivity index (χ1n) is 6.65. The number of benzene rings is 1. The summed E-state index contributed by atoms with van der Waals surface area (Å²) in [5.41, 5.74) is 2.84. The predicted octanol–water partition coefficient (Wildman–Crippen LogP) is 1.72. The van der Waals surface area contributed by atoms with Crippen LogP contribution in [0.5, 0.6) is 0 Å². The Morgan fingerprint density at radius 1 is 1.30 bits per heavy atom. The van der Waals surface area contributed by atoms with E-state index in [4.69, 9.17) is 0 Å². The zero-order valence-electron chi connectivity index (χ0n) is 11.8. The van der Waals surface area contributed by atoms with E-state index in [9.17, 15) is 4.21 Å². The van der Waals surface area contributed by atoms with Gasteiger partial charge in [-0.05, 0) is 13.3 Å². The summed E-state index contributed by atoms with van der Waals surface area (Å²) in [6.45, 7) is 2.74. The van der Waals surface area contributed by atoms with E-state index < -0.39 is 10.8 Å². The minimum absolute atomic E-state index is 0.305. The smallest absolute Gasteiger partial charge is 0.117 e. The Morgan fingerprint density at radius 3 is 2.75 bits per heavy atom. The molecule has 0 amide bonds. The third kappa shape index (κ3) is 4.25. The third-order valence-electron chi connectivity index (χ3n) is 3.12. The van der Waals surface area contributed by atoms with Crippen molar-refractivity contribution in [2.45, 2.75) is 25.9 Å². The predicted molar refractivity (Wildman–Crippen MR) is 81.7 cm³/mol. The second-order valence-electron chi connectivity index (χ2n) is 4.83. The highest BCUT2D eigenvalue weighted by molar-refractivity contribution is 7.84. The fourth-order valence-corrected chi connectivity index (χ4v) is 2.60. The zero-order chi connectivity index (χ0) is 14.4. The number of aromatic amines is 1. The van der Waals surface area contributed by atoms with Crippen LogP contribution in [0.4, 0.5) is 0 Å². The third-order valence-corrected chi connectivity index (χ3v) is 3.93. The van der Waals surface area contributed by atoms with Crippen molar-refractivity contribution >= 4 is 10.8 Å². The average Bonchev–Trinajstić information content (AvgIpc) is 2.92. The van der Waals surface area contributed by atoms with Crippen molar-refractivity contribution in [1.82, 2.24) is 20.7 Å². The number of hydrogen-bond donors (Lipinski definition) is 2. The number of hydrogen-bond acceptors (Lipinski definition) is 4. The van der Waals surface area contributed by atoms with Gasteiger partial charge in [0.2, 0.25) is 0 Å². The Morgan fingerprint density at radius 2 is 2.05 bits per heavy atom. The van der Waals surface area contributed by atoms with Gasteiger partial charge >= 0.3 is 0 Å². The average molecular weight is 292 g/mol. The van der Waals surface area contributed by atoms with E-state index in [-0.39, 0.29) is 0 Å². The molecule has 2 unspecified atom stereocenters. The summed E-state index contributed by atoms with van der Waals surface area (Å²) in [7, 11) is -0.735. The van der Waals surface area contributed by atoms with Gasteiger partial charge in [0.1, 0.15) is 11.4 Å². The summed E-state index contributed by atoms with van der Waals surface area (Å²) in [4.78, 5) is 0. The molecule has 0 aliphatic heterocycles. The van der Waals surface area contributed by atoms with Crippen LogP contribution >= 0.6 is 0 Å². The maximum absolute atomic E-state index is 11.1. The molecule has 5 nitrogen and oxygen atoms in total. The monoisotopic (exact) mass is 292 g/mol. The van der Waals surface area contributed by atoms with E-state index >= 15 is 0 Å². The van der Waals surface area contributed by atoms with Crippen molar-refractivity contribution in [1.29, 1.82) is 0 Å². The number of H-pyrrole nitrogens is 1. The van der Waals surface area contributed by atoms with Crippen LogP contribution in [0, 0.1) is 0 Å². The van der Waals surface area contributed by atoms with Gasteiger partial charge in [0.25, 0.3) is 0 Å². The molecule has 0 fully saturated rings. The van der Waals surface area contributed by atoms with Crippen molar-refractivity contribution in [3.63, 3.8) is 0 Å². The molecule has 2 atom stereocenters. The highest BCUT2D eigenvalue weighted by Crippen LogP contribution is 2.18. The largest absolute Gasteiger partial charge is 0.308 e. The van der Waals surface area contributed by atoms with Gasteiger partial charge in [-0.3, -0.25) is 4.21 Å². The Hall–Kier alpha value is -1.53. The molecule has 0 radical (unpaired) electrons. The van der Waals surface area contributed by atoms with Gasteiger partial charge in [0, 0.05) is 41.0 Å². The normalized spacial score (nSPS) is 14.1. The Balaban J connectivity index is 1.94. The van der Waals surface area contributed by atoms with Gasteiger partial charge in [-0.15, -0.1) is 0 Å². The van der Waals surface area contributed by atoms with Crippen LogP contribution in [-0.4, -0.2) is 37.7 Å². The molecule has 2 N–H and O–H groups in total. The highest BCUT2D eigenvalue weighted by Gasteiger charge is 2.11. The number of rotatable bonds is 7. The summed E-state index contributed by atoms with van der Waals surface area (Å²) in [5, 5.41) is 14.5. The molecule has 108 valence electrons. The van der Waals surface area contributed by atoms with Gasteiger partial charge in [0.05, 0.1) is 0 Å². The van der Waals surface area contributed by atoms with Crippen LogP contribution < -0.4 is 5.32 Å². The maximum atomic E-state index is 11.1. The van der Waals surface area contributed by atoms with Gasteiger partial charge in [-0.25, -0.2) is 0 Å². The van der Waals surface area contributed by atoms with Crippen LogP contribution in [0.1, 0.15) is 19.0 Å². The first-order valence-corrected chi connectivity index (χ1v) is 8.38. The standard InChI is InChI=1S/C14H20N4OS/c1-11(8-9-20(2)19)15-10-13-14(17-18-16-13)12-6-4-3-5-7-12/h3-7,11,15H,8-10H2,1-2H3,(H,16,17,18). The van der Waals surface area contributed by atoms with Crippen LogP contribution in [-0.2, 0) is 17.3 Å². The topological polar surface area (TPSA) is 70.7 Å². The fourth-order valence-electron chi connectivity index (χ4n) is 1.92. The summed E-state index contributed by atoms with van der Waals surface area (Å²) < 4.78 is 11.1. The molecule has 0 saturated heterocycles. The van der Waals surface area contributed by atoms with E-state index in [1.807, 2.05) is 30.3 Å². The molecular formula is C14H20N4OS. The molecule has 0 saturated carbocycles. The minimum Gasteiger partial charge on any atom is -0.308 e. The fraction of sp³-hybridized carbons (Fsp3) is 0.429. The van der Waals surface area contributed by atoms with E-state index in [1.54, 1.807) is 6.26 Å². The lowest BCUT2D eigenvalue weighted by Gasteiger charge is -2.12. The Labute approximate surface area is 121 Å². The number of aromatic nitrogens is 3. The van der Waals surface area contributed by atoms with Crippen molar-refractivity contribution < 1.29 is 4.21 Å². The quantitative estimate of drug-likeness (QED) is 0.815.